The summed E-state index contributed by atoms with van der Waals surface area (Å²) in [5, 5.41) is 10.4. The highest BCUT2D eigenvalue weighted by atomic mass is 32.2. The van der Waals surface area contributed by atoms with Crippen molar-refractivity contribution in [3.8, 4) is 23.0 Å². The molecule has 0 bridgehead atoms. The van der Waals surface area contributed by atoms with Crippen LogP contribution in [0.15, 0.2) is 46.0 Å². The number of carbonyl (C=O) groups is 1. The first-order valence-electron chi connectivity index (χ1n) is 8.70. The smallest absolute Gasteiger partial charge is 0.277 e. The number of methoxy groups -OCH3 is 2. The van der Waals surface area contributed by atoms with Crippen LogP contribution >= 0.6 is 11.8 Å². The van der Waals surface area contributed by atoms with Crippen LogP contribution in [0.25, 0.3) is 11.5 Å². The van der Waals surface area contributed by atoms with Gasteiger partial charge in [0.2, 0.25) is 11.8 Å². The molecule has 1 amide bonds. The standard InChI is InChI=1S/C20H20FN3O4S/c1-11-5-6-14(9-17(11)21)22-18(25)12(2)29-20-24-23-19(28-20)13-7-15(26-3)10-16(8-13)27-4/h5-10,12H,1-4H3,(H,22,25)/t12-/m0/s1. The van der Waals surface area contributed by atoms with E-state index in [0.717, 1.165) is 11.8 Å². The van der Waals surface area contributed by atoms with Gasteiger partial charge in [0, 0.05) is 17.3 Å². The fourth-order valence-corrected chi connectivity index (χ4v) is 3.11. The number of aromatic nitrogens is 2. The quantitative estimate of drug-likeness (QED) is 0.573. The fourth-order valence-electron chi connectivity index (χ4n) is 2.42. The summed E-state index contributed by atoms with van der Waals surface area (Å²) < 4.78 is 29.8. The topological polar surface area (TPSA) is 86.5 Å². The Morgan fingerprint density at radius 2 is 1.83 bits per heavy atom. The normalized spacial score (nSPS) is 11.8. The molecule has 7 nitrogen and oxygen atoms in total. The SMILES string of the molecule is COc1cc(OC)cc(-c2nnc(S[C@@H](C)C(=O)Nc3ccc(C)c(F)c3)o2)c1. The van der Waals surface area contributed by atoms with E-state index in [2.05, 4.69) is 15.5 Å². The summed E-state index contributed by atoms with van der Waals surface area (Å²) >= 11 is 1.11. The van der Waals surface area contributed by atoms with E-state index in [1.165, 1.54) is 6.07 Å². The third kappa shape index (κ3) is 5.05. The van der Waals surface area contributed by atoms with E-state index >= 15 is 0 Å². The van der Waals surface area contributed by atoms with Gasteiger partial charge in [-0.2, -0.15) is 0 Å². The maximum Gasteiger partial charge on any atom is 0.277 e. The van der Waals surface area contributed by atoms with Crippen LogP contribution in [-0.4, -0.2) is 35.6 Å². The Hall–Kier alpha value is -3.07. The van der Waals surface area contributed by atoms with E-state index in [0.29, 0.717) is 28.3 Å². The highest BCUT2D eigenvalue weighted by Crippen LogP contribution is 2.31. The fraction of sp³-hybridized carbons (Fsp3) is 0.250. The molecule has 0 fully saturated rings. The van der Waals surface area contributed by atoms with Gasteiger partial charge in [0.15, 0.2) is 0 Å². The average molecular weight is 417 g/mol. The molecular weight excluding hydrogens is 397 g/mol. The van der Waals surface area contributed by atoms with Crippen molar-refractivity contribution in [2.45, 2.75) is 24.3 Å². The zero-order chi connectivity index (χ0) is 21.0. The van der Waals surface area contributed by atoms with Gasteiger partial charge in [-0.1, -0.05) is 17.8 Å². The van der Waals surface area contributed by atoms with Gasteiger partial charge in [-0.05, 0) is 43.7 Å². The van der Waals surface area contributed by atoms with Gasteiger partial charge in [0.25, 0.3) is 5.22 Å². The predicted octanol–water partition coefficient (Wildman–Crippen LogP) is 4.32. The van der Waals surface area contributed by atoms with Crippen molar-refractivity contribution < 1.29 is 23.1 Å². The van der Waals surface area contributed by atoms with Crippen LogP contribution in [0.2, 0.25) is 0 Å². The van der Waals surface area contributed by atoms with Gasteiger partial charge in [-0.3, -0.25) is 4.79 Å². The van der Waals surface area contributed by atoms with Gasteiger partial charge in [0.05, 0.1) is 19.5 Å². The number of amides is 1. The molecule has 1 heterocycles. The zero-order valence-corrected chi connectivity index (χ0v) is 17.2. The number of nitrogens with zero attached hydrogens (tertiary/aromatic N) is 2. The van der Waals surface area contributed by atoms with Crippen LogP contribution in [0.5, 0.6) is 11.5 Å². The Morgan fingerprint density at radius 3 is 2.45 bits per heavy atom. The molecule has 3 aromatic rings. The molecular formula is C20H20FN3O4S. The van der Waals surface area contributed by atoms with E-state index in [1.807, 2.05) is 0 Å². The van der Waals surface area contributed by atoms with Crippen molar-refractivity contribution in [3.63, 3.8) is 0 Å². The Kier molecular flexibility index (Phi) is 6.38. The van der Waals surface area contributed by atoms with Gasteiger partial charge in [-0.15, -0.1) is 10.2 Å². The molecule has 9 heteroatoms. The summed E-state index contributed by atoms with van der Waals surface area (Å²) in [6.07, 6.45) is 0. The van der Waals surface area contributed by atoms with E-state index < -0.39 is 5.25 Å². The third-order valence-electron chi connectivity index (χ3n) is 4.09. The van der Waals surface area contributed by atoms with Crippen molar-refractivity contribution >= 4 is 23.4 Å². The van der Waals surface area contributed by atoms with Crippen molar-refractivity contribution in [1.29, 1.82) is 0 Å². The van der Waals surface area contributed by atoms with E-state index in [-0.39, 0.29) is 22.8 Å². The summed E-state index contributed by atoms with van der Waals surface area (Å²) in [4.78, 5) is 12.4. The monoisotopic (exact) mass is 417 g/mol. The molecule has 0 saturated carbocycles. The number of hydrogen-bond acceptors (Lipinski definition) is 7. The summed E-state index contributed by atoms with van der Waals surface area (Å²) in [7, 11) is 3.10. The number of ether oxygens (including phenoxy) is 2. The number of nitrogens with one attached hydrogen (secondary N) is 1. The third-order valence-corrected chi connectivity index (χ3v) is 5.03. The molecule has 29 heavy (non-hydrogen) atoms. The Bertz CT molecular complexity index is 1000. The number of carbonyl (C=O) groups excluding carboxylic acids is 1. The number of benzene rings is 2. The minimum absolute atomic E-state index is 0.236. The lowest BCUT2D eigenvalue weighted by Gasteiger charge is -2.10. The minimum Gasteiger partial charge on any atom is -0.497 e. The van der Waals surface area contributed by atoms with E-state index in [1.54, 1.807) is 58.4 Å². The lowest BCUT2D eigenvalue weighted by molar-refractivity contribution is -0.115. The van der Waals surface area contributed by atoms with Crippen LogP contribution in [0.1, 0.15) is 12.5 Å². The van der Waals surface area contributed by atoms with Gasteiger partial charge in [-0.25, -0.2) is 4.39 Å². The molecule has 0 aliphatic rings. The molecule has 1 atom stereocenters. The van der Waals surface area contributed by atoms with Gasteiger partial charge < -0.3 is 19.2 Å². The summed E-state index contributed by atoms with van der Waals surface area (Å²) in [6, 6.07) is 9.75. The lowest BCUT2D eigenvalue weighted by atomic mass is 10.2. The molecule has 0 radical (unpaired) electrons. The van der Waals surface area contributed by atoms with Crippen molar-refractivity contribution in [2.24, 2.45) is 0 Å². The molecule has 0 saturated heterocycles. The van der Waals surface area contributed by atoms with Crippen molar-refractivity contribution in [1.82, 2.24) is 10.2 Å². The zero-order valence-electron chi connectivity index (χ0n) is 16.4. The lowest BCUT2D eigenvalue weighted by Crippen LogP contribution is -2.22. The summed E-state index contributed by atoms with van der Waals surface area (Å²) in [6.45, 7) is 3.35. The average Bonchev–Trinajstić information content (AvgIpc) is 3.18. The van der Waals surface area contributed by atoms with E-state index in [9.17, 15) is 9.18 Å². The Morgan fingerprint density at radius 1 is 1.14 bits per heavy atom. The van der Waals surface area contributed by atoms with Gasteiger partial charge in [0.1, 0.15) is 17.3 Å². The molecule has 1 N–H and O–H groups in total. The molecule has 2 aromatic carbocycles. The maximum absolute atomic E-state index is 13.6. The highest BCUT2D eigenvalue weighted by Gasteiger charge is 2.20. The number of anilines is 1. The predicted molar refractivity (Wildman–Crippen MR) is 108 cm³/mol. The van der Waals surface area contributed by atoms with Crippen molar-refractivity contribution in [2.75, 3.05) is 19.5 Å². The minimum atomic E-state index is -0.535. The number of thioether (sulfide) groups is 1. The first kappa shape index (κ1) is 20.7. The number of halogens is 1. The Labute approximate surface area is 171 Å². The number of rotatable bonds is 7. The second kappa shape index (κ2) is 8.95. The van der Waals surface area contributed by atoms with Gasteiger partial charge >= 0.3 is 0 Å². The molecule has 0 unspecified atom stereocenters. The first-order chi connectivity index (χ1) is 13.9. The van der Waals surface area contributed by atoms with Crippen LogP contribution in [-0.2, 0) is 4.79 Å². The van der Waals surface area contributed by atoms with Crippen molar-refractivity contribution in [3.05, 3.63) is 47.8 Å². The Balaban J connectivity index is 1.69. The molecule has 1 aromatic heterocycles. The van der Waals surface area contributed by atoms with Crippen LogP contribution < -0.4 is 14.8 Å². The first-order valence-corrected chi connectivity index (χ1v) is 9.58. The molecule has 152 valence electrons. The molecule has 0 aliphatic carbocycles. The molecule has 0 aliphatic heterocycles. The number of hydrogen-bond donors (Lipinski definition) is 1. The van der Waals surface area contributed by atoms with Crippen LogP contribution in [0, 0.1) is 12.7 Å². The van der Waals surface area contributed by atoms with Crippen LogP contribution in [0.4, 0.5) is 10.1 Å². The van der Waals surface area contributed by atoms with Crippen LogP contribution in [0.3, 0.4) is 0 Å². The largest absolute Gasteiger partial charge is 0.497 e. The molecule has 3 rings (SSSR count). The maximum atomic E-state index is 13.6. The molecule has 0 spiro atoms. The second-order valence-corrected chi connectivity index (χ2v) is 7.48. The highest BCUT2D eigenvalue weighted by molar-refractivity contribution is 8.00. The summed E-state index contributed by atoms with van der Waals surface area (Å²) in [5.41, 5.74) is 1.53. The van der Waals surface area contributed by atoms with E-state index in [4.69, 9.17) is 13.9 Å². The number of aryl methyl sites for hydroxylation is 1. The summed E-state index contributed by atoms with van der Waals surface area (Å²) in [5.74, 6) is 0.770. The second-order valence-electron chi connectivity index (χ2n) is 6.19.